The standard InChI is InChI=1S/C41H46ClN3O8/c1-26-29(7-4-8-32(26)33-9-5-10-36(27(33)2)51-16-6-13-44-14-11-31(46)21-44)25-53-38-18-37(52-24-28-17-30(41(48)49)20-43-19-28)35-22-45(23-39(47)50-3)15-12-34(35)40(38)42/h4-5,7-10,17-20,31,46H,6,11-16,21-25H2,1-3H3,(H,48,49)/t31-/m1/s1. The van der Waals surface area contributed by atoms with E-state index in [0.717, 1.165) is 77.2 Å². The number of methoxy groups -OCH3 is 1. The van der Waals surface area contributed by atoms with Crippen molar-refractivity contribution in [2.75, 3.05) is 46.4 Å². The molecule has 0 unspecified atom stereocenters. The number of carbonyl (C=O) groups excluding carboxylic acids is 1. The molecule has 3 heterocycles. The van der Waals surface area contributed by atoms with Crippen molar-refractivity contribution in [3.63, 3.8) is 0 Å². The average Bonchev–Trinajstić information content (AvgIpc) is 3.58. The molecule has 2 aliphatic rings. The Morgan fingerprint density at radius 3 is 2.43 bits per heavy atom. The molecule has 0 radical (unpaired) electrons. The number of fused-ring (bicyclic) bond motifs is 1. The Bertz CT molecular complexity index is 1950. The van der Waals surface area contributed by atoms with Gasteiger partial charge >= 0.3 is 11.9 Å². The third-order valence-electron chi connectivity index (χ3n) is 10.0. The number of ether oxygens (including phenoxy) is 4. The van der Waals surface area contributed by atoms with E-state index in [1.54, 1.807) is 12.3 Å². The number of carboxylic acid groups (broad SMARTS) is 1. The monoisotopic (exact) mass is 743 g/mol. The van der Waals surface area contributed by atoms with Gasteiger partial charge in [-0.05, 0) is 78.6 Å². The van der Waals surface area contributed by atoms with Crippen LogP contribution in [0.5, 0.6) is 17.2 Å². The summed E-state index contributed by atoms with van der Waals surface area (Å²) in [5.74, 6) is 0.457. The van der Waals surface area contributed by atoms with Gasteiger partial charge in [0.25, 0.3) is 0 Å². The van der Waals surface area contributed by atoms with Gasteiger partial charge in [-0.1, -0.05) is 41.9 Å². The summed E-state index contributed by atoms with van der Waals surface area (Å²) in [5.41, 5.74) is 7.70. The third-order valence-corrected chi connectivity index (χ3v) is 10.4. The Hall–Kier alpha value is -4.68. The molecule has 12 heteroatoms. The minimum atomic E-state index is -1.07. The molecule has 4 aromatic rings. The van der Waals surface area contributed by atoms with E-state index < -0.39 is 5.97 Å². The lowest BCUT2D eigenvalue weighted by molar-refractivity contribution is -0.142. The smallest absolute Gasteiger partial charge is 0.337 e. The van der Waals surface area contributed by atoms with E-state index in [4.69, 9.17) is 30.5 Å². The quantitative estimate of drug-likeness (QED) is 0.106. The van der Waals surface area contributed by atoms with Gasteiger partial charge < -0.3 is 34.1 Å². The van der Waals surface area contributed by atoms with Crippen LogP contribution in [0.15, 0.2) is 60.9 Å². The number of aromatic carboxylic acids is 1. The molecule has 2 N–H and O–H groups in total. The van der Waals surface area contributed by atoms with Crippen LogP contribution in [-0.4, -0.2) is 89.5 Å². The second kappa shape index (κ2) is 17.4. The summed E-state index contributed by atoms with van der Waals surface area (Å²) in [7, 11) is 1.37. The van der Waals surface area contributed by atoms with Crippen LogP contribution in [0.2, 0.25) is 5.02 Å². The first-order valence-corrected chi connectivity index (χ1v) is 18.3. The number of esters is 1. The molecule has 0 spiro atoms. The molecule has 2 aliphatic heterocycles. The zero-order valence-electron chi connectivity index (χ0n) is 30.4. The normalized spacial score (nSPS) is 15.9. The number of rotatable bonds is 15. The fourth-order valence-corrected chi connectivity index (χ4v) is 7.32. The van der Waals surface area contributed by atoms with Crippen LogP contribution in [0.25, 0.3) is 11.1 Å². The van der Waals surface area contributed by atoms with Crippen molar-refractivity contribution in [1.82, 2.24) is 14.8 Å². The first-order valence-electron chi connectivity index (χ1n) is 17.9. The molecule has 3 aromatic carbocycles. The van der Waals surface area contributed by atoms with Crippen molar-refractivity contribution in [1.29, 1.82) is 0 Å². The summed E-state index contributed by atoms with van der Waals surface area (Å²) in [4.78, 5) is 31.9. The zero-order chi connectivity index (χ0) is 37.5. The number of hydrogen-bond donors (Lipinski definition) is 2. The van der Waals surface area contributed by atoms with Crippen molar-refractivity contribution >= 4 is 23.5 Å². The largest absolute Gasteiger partial charge is 0.493 e. The topological polar surface area (TPSA) is 131 Å². The number of hydrogen-bond acceptors (Lipinski definition) is 10. The van der Waals surface area contributed by atoms with Crippen LogP contribution >= 0.6 is 11.6 Å². The number of halogens is 1. The third kappa shape index (κ3) is 9.28. The Morgan fingerprint density at radius 1 is 0.906 bits per heavy atom. The summed E-state index contributed by atoms with van der Waals surface area (Å²) in [6, 6.07) is 15.6. The van der Waals surface area contributed by atoms with E-state index in [0.29, 0.717) is 48.2 Å². The Morgan fingerprint density at radius 2 is 1.68 bits per heavy atom. The SMILES string of the molecule is COC(=O)CN1CCc2c(Cl)c(OCc3cccc(-c4cccc(OCCCN5CC[C@@H](O)C5)c4C)c3C)cc(OCc3cncc(C(=O)O)c3)c2C1. The summed E-state index contributed by atoms with van der Waals surface area (Å²) >= 11 is 7.03. The highest BCUT2D eigenvalue weighted by atomic mass is 35.5. The van der Waals surface area contributed by atoms with Crippen molar-refractivity contribution in [3.8, 4) is 28.4 Å². The predicted octanol–water partition coefficient (Wildman–Crippen LogP) is 6.24. The number of aromatic nitrogens is 1. The van der Waals surface area contributed by atoms with Gasteiger partial charge in [0.15, 0.2) is 0 Å². The van der Waals surface area contributed by atoms with Crippen LogP contribution in [-0.2, 0) is 35.7 Å². The van der Waals surface area contributed by atoms with E-state index in [2.05, 4.69) is 35.9 Å². The first kappa shape index (κ1) is 38.1. The van der Waals surface area contributed by atoms with Crippen molar-refractivity contribution < 1.29 is 38.7 Å². The molecule has 280 valence electrons. The van der Waals surface area contributed by atoms with Gasteiger partial charge in [0, 0.05) is 62.3 Å². The molecule has 0 bridgehead atoms. The predicted molar refractivity (Wildman–Crippen MR) is 201 cm³/mol. The van der Waals surface area contributed by atoms with Gasteiger partial charge in [-0.3, -0.25) is 14.7 Å². The lowest BCUT2D eigenvalue weighted by Gasteiger charge is -2.30. The number of carbonyl (C=O) groups is 2. The fraction of sp³-hybridized carbons (Fsp3) is 0.390. The van der Waals surface area contributed by atoms with E-state index in [1.807, 2.05) is 29.2 Å². The highest BCUT2D eigenvalue weighted by Gasteiger charge is 2.27. The molecular weight excluding hydrogens is 698 g/mol. The van der Waals surface area contributed by atoms with E-state index in [-0.39, 0.29) is 37.4 Å². The molecular formula is C41H46ClN3O8. The summed E-state index contributed by atoms with van der Waals surface area (Å²) in [6.45, 7) is 8.83. The van der Waals surface area contributed by atoms with Crippen molar-refractivity contribution in [3.05, 3.63) is 105 Å². The maximum Gasteiger partial charge on any atom is 0.337 e. The number of pyridine rings is 1. The van der Waals surface area contributed by atoms with Gasteiger partial charge in [0.2, 0.25) is 0 Å². The highest BCUT2D eigenvalue weighted by Crippen LogP contribution is 2.41. The number of aliphatic hydroxyl groups is 1. The molecule has 1 fully saturated rings. The molecule has 6 rings (SSSR count). The number of likely N-dealkylation sites (tertiary alicyclic amines) is 1. The Balaban J connectivity index is 1.20. The molecule has 1 saturated heterocycles. The molecule has 1 aromatic heterocycles. The molecule has 0 amide bonds. The number of carboxylic acids is 1. The zero-order valence-corrected chi connectivity index (χ0v) is 31.2. The van der Waals surface area contributed by atoms with Gasteiger partial charge in [-0.2, -0.15) is 0 Å². The van der Waals surface area contributed by atoms with Gasteiger partial charge in [0.05, 0.1) is 37.0 Å². The summed E-state index contributed by atoms with van der Waals surface area (Å²) in [6.07, 6.45) is 4.94. The molecule has 53 heavy (non-hydrogen) atoms. The van der Waals surface area contributed by atoms with Crippen LogP contribution < -0.4 is 14.2 Å². The Kier molecular flexibility index (Phi) is 12.5. The lowest BCUT2D eigenvalue weighted by Crippen LogP contribution is -2.35. The van der Waals surface area contributed by atoms with Crippen LogP contribution in [0.3, 0.4) is 0 Å². The number of nitrogens with zero attached hydrogens (tertiary/aromatic N) is 3. The average molecular weight is 744 g/mol. The number of benzene rings is 3. The number of aliphatic hydroxyl groups excluding tert-OH is 1. The van der Waals surface area contributed by atoms with Crippen LogP contribution in [0.4, 0.5) is 0 Å². The fourth-order valence-electron chi connectivity index (χ4n) is 7.00. The molecule has 0 saturated carbocycles. The first-order chi connectivity index (χ1) is 25.6. The summed E-state index contributed by atoms with van der Waals surface area (Å²) < 4.78 is 23.9. The minimum Gasteiger partial charge on any atom is -0.493 e. The number of β-amino-alcohol motifs (C(OH)–C–C–N with tert-alkyl or cyclic N) is 1. The van der Waals surface area contributed by atoms with E-state index in [1.165, 1.54) is 19.4 Å². The molecule has 0 aliphatic carbocycles. The maximum atomic E-state index is 12.1. The Labute approximate surface area is 315 Å². The maximum absolute atomic E-state index is 12.1. The minimum absolute atomic E-state index is 0.0692. The second-order valence-electron chi connectivity index (χ2n) is 13.6. The van der Waals surface area contributed by atoms with Gasteiger partial charge in [-0.25, -0.2) is 4.79 Å². The van der Waals surface area contributed by atoms with Crippen molar-refractivity contribution in [2.45, 2.75) is 59.0 Å². The molecule has 11 nitrogen and oxygen atoms in total. The van der Waals surface area contributed by atoms with Gasteiger partial charge in [-0.15, -0.1) is 0 Å². The van der Waals surface area contributed by atoms with E-state index in [9.17, 15) is 19.8 Å². The second-order valence-corrected chi connectivity index (χ2v) is 14.0. The lowest BCUT2D eigenvalue weighted by atomic mass is 9.93. The highest BCUT2D eigenvalue weighted by molar-refractivity contribution is 6.33. The van der Waals surface area contributed by atoms with Crippen LogP contribution in [0, 0.1) is 13.8 Å². The van der Waals surface area contributed by atoms with E-state index >= 15 is 0 Å². The van der Waals surface area contributed by atoms with Crippen LogP contribution in [0.1, 0.15) is 56.6 Å². The van der Waals surface area contributed by atoms with Gasteiger partial charge in [0.1, 0.15) is 30.5 Å². The van der Waals surface area contributed by atoms with Crippen molar-refractivity contribution in [2.24, 2.45) is 0 Å². The molecule has 1 atom stereocenters. The summed E-state index contributed by atoms with van der Waals surface area (Å²) in [5, 5.41) is 19.7.